The number of pyridine rings is 2. The summed E-state index contributed by atoms with van der Waals surface area (Å²) >= 11 is 0. The third-order valence-electron chi connectivity index (χ3n) is 6.85. The van der Waals surface area contributed by atoms with Gasteiger partial charge >= 0.3 is 0 Å². The molecule has 0 aliphatic carbocycles. The van der Waals surface area contributed by atoms with Crippen molar-refractivity contribution in [2.24, 2.45) is 0 Å². The van der Waals surface area contributed by atoms with Crippen LogP contribution in [0, 0.1) is 12.7 Å². The van der Waals surface area contributed by atoms with Gasteiger partial charge in [-0.3, -0.25) is 14.7 Å². The zero-order valence-corrected chi connectivity index (χ0v) is 20.2. The SMILES string of the molecule is Cc1cc(O)c([C@@H](c2ccccc2)N2CCN(c3ccc(F)cc3)CC2)c(=O)n1Cc1cccnc1. The van der Waals surface area contributed by atoms with Gasteiger partial charge in [-0.15, -0.1) is 0 Å². The highest BCUT2D eigenvalue weighted by Gasteiger charge is 2.31. The van der Waals surface area contributed by atoms with Crippen LogP contribution in [0.15, 0.2) is 90.0 Å². The minimum absolute atomic E-state index is 0.00903. The highest BCUT2D eigenvalue weighted by atomic mass is 19.1. The molecule has 0 spiro atoms. The standard InChI is InChI=1S/C29H29FN4O2/c1-21-18-26(35)27(29(36)34(21)20-22-6-5-13-31-19-22)28(23-7-3-2-4-8-23)33-16-14-32(15-17-33)25-11-9-24(30)10-12-25/h2-13,18-19,28,35H,14-17,20H2,1H3/t28-/m1/s1. The first kappa shape index (κ1) is 23.8. The molecule has 1 aliphatic heterocycles. The number of hydrogen-bond donors (Lipinski definition) is 1. The summed E-state index contributed by atoms with van der Waals surface area (Å²) in [5.74, 6) is -0.242. The molecule has 6 nitrogen and oxygen atoms in total. The summed E-state index contributed by atoms with van der Waals surface area (Å²) in [5, 5.41) is 11.1. The van der Waals surface area contributed by atoms with Crippen LogP contribution >= 0.6 is 0 Å². The molecule has 36 heavy (non-hydrogen) atoms. The van der Waals surface area contributed by atoms with E-state index in [0.717, 1.165) is 29.9 Å². The molecule has 3 heterocycles. The second-order valence-electron chi connectivity index (χ2n) is 9.15. The van der Waals surface area contributed by atoms with Crippen molar-refractivity contribution in [1.82, 2.24) is 14.5 Å². The second-order valence-corrected chi connectivity index (χ2v) is 9.15. The van der Waals surface area contributed by atoms with Crippen LogP contribution in [0.5, 0.6) is 5.75 Å². The van der Waals surface area contributed by atoms with Gasteiger partial charge in [0.25, 0.3) is 5.56 Å². The van der Waals surface area contributed by atoms with E-state index in [0.29, 0.717) is 30.9 Å². The van der Waals surface area contributed by atoms with Crippen molar-refractivity contribution in [3.05, 3.63) is 124 Å². The van der Waals surface area contributed by atoms with E-state index in [4.69, 9.17) is 0 Å². The van der Waals surface area contributed by atoms with Crippen LogP contribution in [-0.4, -0.2) is 45.7 Å². The fourth-order valence-electron chi connectivity index (χ4n) is 4.98. The van der Waals surface area contributed by atoms with Gasteiger partial charge in [0.15, 0.2) is 0 Å². The second kappa shape index (κ2) is 10.3. The van der Waals surface area contributed by atoms with Crippen molar-refractivity contribution < 1.29 is 9.50 Å². The molecule has 0 amide bonds. The molecule has 2 aromatic heterocycles. The number of nitrogens with zero attached hydrogens (tertiary/aromatic N) is 4. The molecule has 0 bridgehead atoms. The number of benzene rings is 2. The lowest BCUT2D eigenvalue weighted by molar-refractivity contribution is 0.207. The maximum atomic E-state index is 13.9. The summed E-state index contributed by atoms with van der Waals surface area (Å²) in [4.78, 5) is 22.5. The molecule has 7 heteroatoms. The predicted molar refractivity (Wildman–Crippen MR) is 139 cm³/mol. The van der Waals surface area contributed by atoms with E-state index in [1.165, 1.54) is 12.1 Å². The quantitative estimate of drug-likeness (QED) is 0.441. The summed E-state index contributed by atoms with van der Waals surface area (Å²) < 4.78 is 15.1. The maximum absolute atomic E-state index is 13.9. The number of hydrogen-bond acceptors (Lipinski definition) is 5. The summed E-state index contributed by atoms with van der Waals surface area (Å²) in [5.41, 5.74) is 3.72. The van der Waals surface area contributed by atoms with Gasteiger partial charge in [-0.05, 0) is 54.4 Å². The van der Waals surface area contributed by atoms with Gasteiger partial charge in [-0.25, -0.2) is 4.39 Å². The van der Waals surface area contributed by atoms with Crippen LogP contribution < -0.4 is 10.5 Å². The third-order valence-corrected chi connectivity index (χ3v) is 6.85. The minimum Gasteiger partial charge on any atom is -0.507 e. The Labute approximate surface area is 209 Å². The first-order valence-corrected chi connectivity index (χ1v) is 12.1. The van der Waals surface area contributed by atoms with Gasteiger partial charge in [-0.2, -0.15) is 0 Å². The fraction of sp³-hybridized carbons (Fsp3) is 0.241. The van der Waals surface area contributed by atoms with E-state index in [2.05, 4.69) is 14.8 Å². The molecule has 2 aromatic carbocycles. The number of aromatic nitrogens is 2. The molecule has 0 saturated carbocycles. The molecule has 1 aliphatic rings. The molecule has 0 radical (unpaired) electrons. The van der Waals surface area contributed by atoms with E-state index in [1.807, 2.05) is 49.4 Å². The average Bonchev–Trinajstić information content (AvgIpc) is 2.91. The molecule has 1 N–H and O–H groups in total. The van der Waals surface area contributed by atoms with Crippen LogP contribution in [0.1, 0.15) is 28.4 Å². The maximum Gasteiger partial charge on any atom is 0.259 e. The number of halogens is 1. The molecule has 5 rings (SSSR count). The van der Waals surface area contributed by atoms with Crippen LogP contribution in [-0.2, 0) is 6.54 Å². The van der Waals surface area contributed by atoms with Crippen LogP contribution in [0.4, 0.5) is 10.1 Å². The Morgan fingerprint density at radius 1 is 0.972 bits per heavy atom. The molecule has 1 saturated heterocycles. The lowest BCUT2D eigenvalue weighted by Crippen LogP contribution is -2.49. The normalized spacial score (nSPS) is 15.1. The number of aromatic hydroxyl groups is 1. The van der Waals surface area contributed by atoms with Gasteiger partial charge in [0.1, 0.15) is 11.6 Å². The van der Waals surface area contributed by atoms with Gasteiger partial charge < -0.3 is 14.6 Å². The Hall–Kier alpha value is -3.97. The van der Waals surface area contributed by atoms with Gasteiger partial charge in [-0.1, -0.05) is 36.4 Å². The predicted octanol–water partition coefficient (Wildman–Crippen LogP) is 4.36. The lowest BCUT2D eigenvalue weighted by atomic mass is 9.96. The van der Waals surface area contributed by atoms with Crippen LogP contribution in [0.25, 0.3) is 0 Å². The topological polar surface area (TPSA) is 61.6 Å². The van der Waals surface area contributed by atoms with Crippen LogP contribution in [0.2, 0.25) is 0 Å². The van der Waals surface area contributed by atoms with E-state index in [9.17, 15) is 14.3 Å². The summed E-state index contributed by atoms with van der Waals surface area (Å²) in [6, 6.07) is 21.5. The van der Waals surface area contributed by atoms with E-state index >= 15 is 0 Å². The van der Waals surface area contributed by atoms with Crippen molar-refractivity contribution >= 4 is 5.69 Å². The van der Waals surface area contributed by atoms with Gasteiger partial charge in [0.2, 0.25) is 0 Å². The first-order chi connectivity index (χ1) is 17.5. The number of rotatable bonds is 6. The lowest BCUT2D eigenvalue weighted by Gasteiger charge is -2.40. The van der Waals surface area contributed by atoms with E-state index < -0.39 is 6.04 Å². The van der Waals surface area contributed by atoms with Gasteiger partial charge in [0, 0.05) is 50.0 Å². The summed E-state index contributed by atoms with van der Waals surface area (Å²) in [7, 11) is 0. The highest BCUT2D eigenvalue weighted by Crippen LogP contribution is 2.34. The fourth-order valence-corrected chi connectivity index (χ4v) is 4.98. The molecular weight excluding hydrogens is 455 g/mol. The molecular formula is C29H29FN4O2. The Bertz CT molecular complexity index is 1370. The van der Waals surface area contributed by atoms with Crippen molar-refractivity contribution in [3.63, 3.8) is 0 Å². The number of piperazine rings is 1. The van der Waals surface area contributed by atoms with Crippen molar-refractivity contribution in [1.29, 1.82) is 0 Å². The van der Waals surface area contributed by atoms with Crippen molar-refractivity contribution in [3.8, 4) is 5.75 Å². The average molecular weight is 485 g/mol. The van der Waals surface area contributed by atoms with Gasteiger partial charge in [0.05, 0.1) is 18.2 Å². The third kappa shape index (κ3) is 4.88. The molecule has 1 fully saturated rings. The molecule has 4 aromatic rings. The summed E-state index contributed by atoms with van der Waals surface area (Å²) in [6.45, 7) is 5.04. The van der Waals surface area contributed by atoms with Crippen molar-refractivity contribution in [2.75, 3.05) is 31.1 Å². The largest absolute Gasteiger partial charge is 0.507 e. The smallest absolute Gasteiger partial charge is 0.259 e. The Morgan fingerprint density at radius 3 is 2.36 bits per heavy atom. The zero-order valence-electron chi connectivity index (χ0n) is 20.2. The first-order valence-electron chi connectivity index (χ1n) is 12.1. The Morgan fingerprint density at radius 2 is 1.69 bits per heavy atom. The monoisotopic (exact) mass is 484 g/mol. The summed E-state index contributed by atoms with van der Waals surface area (Å²) in [6.07, 6.45) is 3.46. The minimum atomic E-state index is -0.394. The molecule has 1 atom stereocenters. The molecule has 0 unspecified atom stereocenters. The van der Waals surface area contributed by atoms with Crippen LogP contribution in [0.3, 0.4) is 0 Å². The number of anilines is 1. The van der Waals surface area contributed by atoms with E-state index in [1.54, 1.807) is 35.2 Å². The Balaban J connectivity index is 1.50. The number of aryl methyl sites for hydroxylation is 1. The highest BCUT2D eigenvalue weighted by molar-refractivity contribution is 5.47. The van der Waals surface area contributed by atoms with E-state index in [-0.39, 0.29) is 17.1 Å². The molecule has 184 valence electrons. The van der Waals surface area contributed by atoms with Crippen molar-refractivity contribution in [2.45, 2.75) is 19.5 Å². The Kier molecular flexibility index (Phi) is 6.82. The zero-order chi connectivity index (χ0) is 25.1.